The largest absolute Gasteiger partial charge is 0.308 e. The number of likely N-dealkylation sites (tertiary alicyclic amines) is 1. The minimum Gasteiger partial charge on any atom is -0.308 e. The summed E-state index contributed by atoms with van der Waals surface area (Å²) >= 11 is 1.93. The van der Waals surface area contributed by atoms with E-state index in [0.717, 1.165) is 6.54 Å². The highest BCUT2D eigenvalue weighted by Gasteiger charge is 2.16. The van der Waals surface area contributed by atoms with Crippen molar-refractivity contribution in [2.45, 2.75) is 39.3 Å². The smallest absolute Gasteiger partial charge is 0.0303 e. The molecular formula is C13H22N2S. The van der Waals surface area contributed by atoms with Crippen molar-refractivity contribution in [3.05, 3.63) is 21.4 Å². The predicted molar refractivity (Wildman–Crippen MR) is 71.2 cm³/mol. The average Bonchev–Trinajstić information content (AvgIpc) is 2.56. The van der Waals surface area contributed by atoms with E-state index >= 15 is 0 Å². The van der Waals surface area contributed by atoms with Crippen LogP contribution in [0.25, 0.3) is 0 Å². The third-order valence-electron chi connectivity index (χ3n) is 3.41. The number of hydrogen-bond donors (Lipinski definition) is 1. The number of likely N-dealkylation sites (N-methyl/N-ethyl adjacent to an activating group) is 1. The monoisotopic (exact) mass is 238 g/mol. The Morgan fingerprint density at radius 2 is 2.31 bits per heavy atom. The normalized spacial score (nSPS) is 22.6. The molecule has 1 aliphatic rings. The summed E-state index contributed by atoms with van der Waals surface area (Å²) < 4.78 is 0. The Hall–Kier alpha value is -0.380. The first-order chi connectivity index (χ1) is 7.65. The number of thiophene rings is 1. The van der Waals surface area contributed by atoms with E-state index in [1.807, 2.05) is 11.3 Å². The van der Waals surface area contributed by atoms with Crippen molar-refractivity contribution in [1.29, 1.82) is 0 Å². The third kappa shape index (κ3) is 3.06. The first kappa shape index (κ1) is 12.1. The van der Waals surface area contributed by atoms with Crippen LogP contribution in [0.1, 0.15) is 28.2 Å². The lowest BCUT2D eigenvalue weighted by Gasteiger charge is -2.30. The standard InChI is InChI=1S/C13H22N2S/c1-10-7-13(16-11(10)2)8-14-12-5-4-6-15(3)9-12/h7,12,14H,4-6,8-9H2,1-3H3. The zero-order valence-corrected chi connectivity index (χ0v) is 11.4. The molecule has 2 nitrogen and oxygen atoms in total. The van der Waals surface area contributed by atoms with E-state index in [1.165, 1.54) is 41.2 Å². The molecule has 0 aliphatic carbocycles. The molecular weight excluding hydrogens is 216 g/mol. The molecule has 0 aromatic carbocycles. The second kappa shape index (κ2) is 5.30. The Balaban J connectivity index is 1.82. The van der Waals surface area contributed by atoms with Gasteiger partial charge in [0.15, 0.2) is 0 Å². The lowest BCUT2D eigenvalue weighted by Crippen LogP contribution is -2.43. The molecule has 0 bridgehead atoms. The topological polar surface area (TPSA) is 15.3 Å². The van der Waals surface area contributed by atoms with Gasteiger partial charge in [-0.1, -0.05) is 0 Å². The quantitative estimate of drug-likeness (QED) is 0.870. The van der Waals surface area contributed by atoms with Gasteiger partial charge >= 0.3 is 0 Å². The van der Waals surface area contributed by atoms with Gasteiger partial charge in [0.25, 0.3) is 0 Å². The van der Waals surface area contributed by atoms with Crippen LogP contribution in [0.2, 0.25) is 0 Å². The predicted octanol–water partition coefficient (Wildman–Crippen LogP) is 2.55. The fourth-order valence-electron chi connectivity index (χ4n) is 2.31. The highest BCUT2D eigenvalue weighted by Crippen LogP contribution is 2.20. The first-order valence-corrected chi connectivity index (χ1v) is 6.94. The van der Waals surface area contributed by atoms with Gasteiger partial charge in [-0.3, -0.25) is 0 Å². The molecule has 1 aliphatic heterocycles. The molecule has 1 saturated heterocycles. The minimum absolute atomic E-state index is 0.682. The number of nitrogens with zero attached hydrogens (tertiary/aromatic N) is 1. The second-order valence-electron chi connectivity index (χ2n) is 4.93. The SMILES string of the molecule is Cc1cc(CNC2CCCN(C)C2)sc1C. The molecule has 1 unspecified atom stereocenters. The molecule has 90 valence electrons. The van der Waals surface area contributed by atoms with Crippen LogP contribution in [-0.4, -0.2) is 31.1 Å². The van der Waals surface area contributed by atoms with Crippen LogP contribution < -0.4 is 5.32 Å². The van der Waals surface area contributed by atoms with Crippen LogP contribution in [0, 0.1) is 13.8 Å². The van der Waals surface area contributed by atoms with Gasteiger partial charge in [-0.15, -0.1) is 11.3 Å². The molecule has 2 rings (SSSR count). The van der Waals surface area contributed by atoms with Crippen molar-refractivity contribution < 1.29 is 0 Å². The molecule has 1 N–H and O–H groups in total. The summed E-state index contributed by atoms with van der Waals surface area (Å²) in [5.74, 6) is 0. The lowest BCUT2D eigenvalue weighted by molar-refractivity contribution is 0.227. The van der Waals surface area contributed by atoms with E-state index in [-0.39, 0.29) is 0 Å². The minimum atomic E-state index is 0.682. The average molecular weight is 238 g/mol. The molecule has 0 radical (unpaired) electrons. The first-order valence-electron chi connectivity index (χ1n) is 6.13. The van der Waals surface area contributed by atoms with Gasteiger partial charge in [-0.2, -0.15) is 0 Å². The maximum Gasteiger partial charge on any atom is 0.0303 e. The molecule has 0 amide bonds. The summed E-state index contributed by atoms with van der Waals surface area (Å²) in [7, 11) is 2.22. The molecule has 2 heterocycles. The number of aryl methyl sites for hydroxylation is 2. The highest BCUT2D eigenvalue weighted by molar-refractivity contribution is 7.12. The molecule has 1 fully saturated rings. The van der Waals surface area contributed by atoms with Crippen molar-refractivity contribution >= 4 is 11.3 Å². The van der Waals surface area contributed by atoms with Crippen LogP contribution in [0.15, 0.2) is 6.07 Å². The molecule has 0 spiro atoms. The van der Waals surface area contributed by atoms with Crippen molar-refractivity contribution in [2.24, 2.45) is 0 Å². The summed E-state index contributed by atoms with van der Waals surface area (Å²) in [5.41, 5.74) is 1.43. The van der Waals surface area contributed by atoms with Crippen LogP contribution >= 0.6 is 11.3 Å². The molecule has 0 saturated carbocycles. The molecule has 1 aromatic rings. The Morgan fingerprint density at radius 3 is 2.94 bits per heavy atom. The Bertz CT molecular complexity index is 326. The van der Waals surface area contributed by atoms with E-state index in [2.05, 4.69) is 37.2 Å². The molecule has 1 aromatic heterocycles. The summed E-state index contributed by atoms with van der Waals surface area (Å²) in [5, 5.41) is 3.68. The number of nitrogens with one attached hydrogen (secondary N) is 1. The highest BCUT2D eigenvalue weighted by atomic mass is 32.1. The van der Waals surface area contributed by atoms with Gasteiger partial charge in [0, 0.05) is 28.9 Å². The van der Waals surface area contributed by atoms with E-state index in [9.17, 15) is 0 Å². The van der Waals surface area contributed by atoms with E-state index in [4.69, 9.17) is 0 Å². The van der Waals surface area contributed by atoms with Gasteiger partial charge in [-0.05, 0) is 51.9 Å². The van der Waals surface area contributed by atoms with Gasteiger partial charge in [0.2, 0.25) is 0 Å². The summed E-state index contributed by atoms with van der Waals surface area (Å²) in [6.45, 7) is 7.90. The van der Waals surface area contributed by atoms with Gasteiger partial charge in [0.05, 0.1) is 0 Å². The van der Waals surface area contributed by atoms with Crippen LogP contribution in [0.4, 0.5) is 0 Å². The van der Waals surface area contributed by atoms with E-state index in [1.54, 1.807) is 0 Å². The Labute approximate surface area is 103 Å². The van der Waals surface area contributed by atoms with Crippen molar-refractivity contribution in [1.82, 2.24) is 10.2 Å². The molecule has 1 atom stereocenters. The number of piperidine rings is 1. The molecule has 3 heteroatoms. The summed E-state index contributed by atoms with van der Waals surface area (Å²) in [6.07, 6.45) is 2.66. The molecule has 16 heavy (non-hydrogen) atoms. The van der Waals surface area contributed by atoms with Crippen molar-refractivity contribution in [2.75, 3.05) is 20.1 Å². The van der Waals surface area contributed by atoms with Crippen molar-refractivity contribution in [3.8, 4) is 0 Å². The maximum absolute atomic E-state index is 3.68. The summed E-state index contributed by atoms with van der Waals surface area (Å²) in [4.78, 5) is 5.35. The van der Waals surface area contributed by atoms with Crippen LogP contribution in [0.3, 0.4) is 0 Å². The van der Waals surface area contributed by atoms with Crippen LogP contribution in [0.5, 0.6) is 0 Å². The number of hydrogen-bond acceptors (Lipinski definition) is 3. The van der Waals surface area contributed by atoms with Gasteiger partial charge in [0.1, 0.15) is 0 Å². The Morgan fingerprint density at radius 1 is 1.50 bits per heavy atom. The number of rotatable bonds is 3. The second-order valence-corrected chi connectivity index (χ2v) is 6.28. The Kier molecular flexibility index (Phi) is 4.00. The maximum atomic E-state index is 3.68. The van der Waals surface area contributed by atoms with E-state index < -0.39 is 0 Å². The zero-order valence-electron chi connectivity index (χ0n) is 10.5. The fraction of sp³-hybridized carbons (Fsp3) is 0.692. The van der Waals surface area contributed by atoms with Gasteiger partial charge < -0.3 is 10.2 Å². The zero-order chi connectivity index (χ0) is 11.5. The van der Waals surface area contributed by atoms with E-state index in [0.29, 0.717) is 6.04 Å². The lowest BCUT2D eigenvalue weighted by atomic mass is 10.1. The fourth-order valence-corrected chi connectivity index (χ4v) is 3.32. The van der Waals surface area contributed by atoms with Gasteiger partial charge in [-0.25, -0.2) is 0 Å². The van der Waals surface area contributed by atoms with Crippen LogP contribution in [-0.2, 0) is 6.54 Å². The summed E-state index contributed by atoms with van der Waals surface area (Å²) in [6, 6.07) is 3.00. The third-order valence-corrected chi connectivity index (χ3v) is 4.56. The van der Waals surface area contributed by atoms with Crippen molar-refractivity contribution in [3.63, 3.8) is 0 Å².